The predicted molar refractivity (Wildman–Crippen MR) is 66.8 cm³/mol. The van der Waals surface area contributed by atoms with E-state index in [1.165, 1.54) is 0 Å². The van der Waals surface area contributed by atoms with Gasteiger partial charge in [0.05, 0.1) is 6.61 Å². The van der Waals surface area contributed by atoms with Gasteiger partial charge in [-0.1, -0.05) is 20.8 Å². The van der Waals surface area contributed by atoms with E-state index < -0.39 is 32.0 Å². The molecule has 1 rings (SSSR count). The van der Waals surface area contributed by atoms with Crippen LogP contribution in [-0.2, 0) is 23.1 Å². The summed E-state index contributed by atoms with van der Waals surface area (Å²) < 4.78 is 26.3. The molecule has 0 spiro atoms. The molecule has 1 saturated heterocycles. The summed E-state index contributed by atoms with van der Waals surface area (Å²) in [5, 5.41) is 8.88. The van der Waals surface area contributed by atoms with Crippen molar-refractivity contribution in [3.8, 4) is 0 Å². The number of phosphoric acid groups is 1. The van der Waals surface area contributed by atoms with E-state index >= 15 is 0 Å². The molecule has 1 fully saturated rings. The minimum Gasteiger partial charge on any atom is -0.479 e. The summed E-state index contributed by atoms with van der Waals surface area (Å²) in [4.78, 5) is 20.4. The highest BCUT2D eigenvalue weighted by molar-refractivity contribution is 7.47. The van der Waals surface area contributed by atoms with Gasteiger partial charge in [-0.3, -0.25) is 9.05 Å². The Hall–Kier alpha value is -0.395. The monoisotopic (exact) mass is 292 g/mol. The van der Waals surface area contributed by atoms with Crippen LogP contribution in [0.1, 0.15) is 27.2 Å². The van der Waals surface area contributed by atoms with Gasteiger partial charge in [-0.25, -0.2) is 9.36 Å². The fourth-order valence-corrected chi connectivity index (χ4v) is 2.63. The standard InChI is InChI=1S/C10H18BO7P/c1-10(2,3)5-16-19(14,15)18-6-4-7(11)17-8(6)9(12)13/h6-8H,4-5H2,1-3H3,(H,12,13)(H,14,15)/t6?,7-,8+/m1/s1. The van der Waals surface area contributed by atoms with Crippen LogP contribution < -0.4 is 0 Å². The van der Waals surface area contributed by atoms with E-state index in [1.54, 1.807) is 0 Å². The molecule has 108 valence electrons. The minimum absolute atomic E-state index is 0.00184. The van der Waals surface area contributed by atoms with E-state index in [4.69, 9.17) is 26.7 Å². The van der Waals surface area contributed by atoms with Crippen LogP contribution in [-0.4, -0.2) is 48.6 Å². The van der Waals surface area contributed by atoms with Crippen LogP contribution >= 0.6 is 7.82 Å². The number of carbonyl (C=O) groups is 1. The van der Waals surface area contributed by atoms with Crippen molar-refractivity contribution in [1.29, 1.82) is 0 Å². The predicted octanol–water partition coefficient (Wildman–Crippen LogP) is 0.903. The molecule has 0 aliphatic carbocycles. The molecule has 2 radical (unpaired) electrons. The van der Waals surface area contributed by atoms with Crippen LogP contribution in [0, 0.1) is 5.41 Å². The molecule has 9 heteroatoms. The third kappa shape index (κ3) is 5.63. The average Bonchev–Trinajstić information content (AvgIpc) is 2.55. The zero-order valence-corrected chi connectivity index (χ0v) is 12.0. The molecule has 2 unspecified atom stereocenters. The van der Waals surface area contributed by atoms with Crippen LogP contribution in [0.25, 0.3) is 0 Å². The van der Waals surface area contributed by atoms with Gasteiger partial charge < -0.3 is 14.7 Å². The second kappa shape index (κ2) is 5.93. The van der Waals surface area contributed by atoms with E-state index in [0.717, 1.165) is 0 Å². The van der Waals surface area contributed by atoms with Crippen LogP contribution in [0.3, 0.4) is 0 Å². The first-order valence-electron chi connectivity index (χ1n) is 5.80. The summed E-state index contributed by atoms with van der Waals surface area (Å²) in [6.07, 6.45) is -2.46. The Morgan fingerprint density at radius 1 is 1.53 bits per heavy atom. The summed E-state index contributed by atoms with van der Waals surface area (Å²) in [5.41, 5.74) is -0.323. The van der Waals surface area contributed by atoms with Crippen molar-refractivity contribution in [2.24, 2.45) is 5.41 Å². The first-order valence-corrected chi connectivity index (χ1v) is 7.29. The zero-order valence-electron chi connectivity index (χ0n) is 11.1. The highest BCUT2D eigenvalue weighted by Gasteiger charge is 2.43. The van der Waals surface area contributed by atoms with Gasteiger partial charge in [0.15, 0.2) is 6.10 Å². The zero-order chi connectivity index (χ0) is 14.8. The maximum absolute atomic E-state index is 11.7. The lowest BCUT2D eigenvalue weighted by atomic mass is 9.96. The first-order chi connectivity index (χ1) is 8.50. The molecular weight excluding hydrogens is 274 g/mol. The van der Waals surface area contributed by atoms with Crippen molar-refractivity contribution in [3.63, 3.8) is 0 Å². The van der Waals surface area contributed by atoms with Crippen molar-refractivity contribution in [2.75, 3.05) is 6.61 Å². The third-order valence-corrected chi connectivity index (χ3v) is 3.29. The van der Waals surface area contributed by atoms with Crippen LogP contribution in [0.5, 0.6) is 0 Å². The molecule has 1 aliphatic rings. The van der Waals surface area contributed by atoms with Crippen molar-refractivity contribution in [1.82, 2.24) is 0 Å². The summed E-state index contributed by atoms with van der Waals surface area (Å²) in [6.45, 7) is 5.46. The Bertz CT molecular complexity index is 381. The highest BCUT2D eigenvalue weighted by Crippen LogP contribution is 2.48. The van der Waals surface area contributed by atoms with Gasteiger partial charge in [0.25, 0.3) is 0 Å². The van der Waals surface area contributed by atoms with Crippen LogP contribution in [0.2, 0.25) is 0 Å². The Morgan fingerprint density at radius 2 is 2.11 bits per heavy atom. The van der Waals surface area contributed by atoms with Gasteiger partial charge in [0, 0.05) is 6.00 Å². The summed E-state index contributed by atoms with van der Waals surface area (Å²) >= 11 is 0. The van der Waals surface area contributed by atoms with E-state index in [2.05, 4.69) is 0 Å². The fourth-order valence-electron chi connectivity index (χ4n) is 1.48. The topological polar surface area (TPSA) is 102 Å². The van der Waals surface area contributed by atoms with E-state index in [1.807, 2.05) is 20.8 Å². The molecule has 0 aromatic heterocycles. The van der Waals surface area contributed by atoms with Crippen molar-refractivity contribution < 1.29 is 33.1 Å². The number of hydrogen-bond acceptors (Lipinski definition) is 5. The Morgan fingerprint density at radius 3 is 2.58 bits per heavy atom. The smallest absolute Gasteiger partial charge is 0.472 e. The molecule has 2 N–H and O–H groups in total. The quantitative estimate of drug-likeness (QED) is 0.573. The number of carboxylic acid groups (broad SMARTS) is 1. The molecule has 4 atom stereocenters. The molecule has 0 aromatic carbocycles. The number of rotatable bonds is 5. The lowest BCUT2D eigenvalue weighted by Crippen LogP contribution is -2.32. The second-order valence-electron chi connectivity index (χ2n) is 5.62. The lowest BCUT2D eigenvalue weighted by molar-refractivity contribution is -0.151. The molecule has 0 amide bonds. The number of carboxylic acids is 1. The fraction of sp³-hybridized carbons (Fsp3) is 0.900. The molecule has 0 aromatic rings. The average molecular weight is 292 g/mol. The Labute approximate surface area is 113 Å². The summed E-state index contributed by atoms with van der Waals surface area (Å²) in [5.74, 6) is -1.30. The van der Waals surface area contributed by atoms with Crippen LogP contribution in [0.4, 0.5) is 0 Å². The van der Waals surface area contributed by atoms with Crippen molar-refractivity contribution in [2.45, 2.75) is 45.4 Å². The van der Waals surface area contributed by atoms with E-state index in [0.29, 0.717) is 0 Å². The number of hydrogen-bond donors (Lipinski definition) is 2. The van der Waals surface area contributed by atoms with Crippen molar-refractivity contribution in [3.05, 3.63) is 0 Å². The van der Waals surface area contributed by atoms with Gasteiger partial charge in [-0.2, -0.15) is 0 Å². The molecule has 1 aliphatic heterocycles. The van der Waals surface area contributed by atoms with Gasteiger partial charge in [0.1, 0.15) is 14.0 Å². The van der Waals surface area contributed by atoms with Gasteiger partial charge >= 0.3 is 13.8 Å². The highest BCUT2D eigenvalue weighted by atomic mass is 31.2. The molecule has 0 bridgehead atoms. The molecular formula is C10H18BO7P. The number of phosphoric ester groups is 1. The third-order valence-electron chi connectivity index (χ3n) is 2.30. The number of ether oxygens (including phenoxy) is 1. The summed E-state index contributed by atoms with van der Waals surface area (Å²) in [6, 6.07) is -0.839. The molecule has 19 heavy (non-hydrogen) atoms. The Kier molecular flexibility index (Phi) is 5.20. The largest absolute Gasteiger partial charge is 0.479 e. The van der Waals surface area contributed by atoms with E-state index in [-0.39, 0.29) is 18.4 Å². The first kappa shape index (κ1) is 16.7. The number of aliphatic carboxylic acids is 1. The maximum atomic E-state index is 11.7. The SMILES string of the molecule is [B][C@H]1CC(OP(=O)(O)OCC(C)(C)C)[C@@H](C(=O)O)O1. The normalized spacial score (nSPS) is 31.1. The van der Waals surface area contributed by atoms with Crippen LogP contribution in [0.15, 0.2) is 0 Å². The van der Waals surface area contributed by atoms with Gasteiger partial charge in [-0.05, 0) is 11.8 Å². The Balaban J connectivity index is 2.61. The van der Waals surface area contributed by atoms with Gasteiger partial charge in [0.2, 0.25) is 0 Å². The summed E-state index contributed by atoms with van der Waals surface area (Å²) in [7, 11) is 1.10. The molecule has 1 heterocycles. The molecule has 7 nitrogen and oxygen atoms in total. The second-order valence-corrected chi connectivity index (χ2v) is 7.02. The molecule has 0 saturated carbocycles. The van der Waals surface area contributed by atoms with E-state index in [9.17, 15) is 14.3 Å². The maximum Gasteiger partial charge on any atom is 0.472 e. The lowest BCUT2D eigenvalue weighted by Gasteiger charge is -2.23. The van der Waals surface area contributed by atoms with Crippen molar-refractivity contribution >= 4 is 21.6 Å². The van der Waals surface area contributed by atoms with Gasteiger partial charge in [-0.15, -0.1) is 0 Å². The minimum atomic E-state index is -4.34.